The van der Waals surface area contributed by atoms with Crippen molar-refractivity contribution >= 4 is 39.3 Å². The number of halogens is 1. The minimum absolute atomic E-state index is 0.0770. The van der Waals surface area contributed by atoms with Crippen LogP contribution in [0.5, 0.6) is 0 Å². The quantitative estimate of drug-likeness (QED) is 0.459. The molecule has 0 saturated heterocycles. The van der Waals surface area contributed by atoms with Crippen LogP contribution in [0.3, 0.4) is 0 Å². The molecule has 0 aliphatic heterocycles. The number of fused-ring (bicyclic) bond motifs is 2. The smallest absolute Gasteiger partial charge is 0.220 e. The van der Waals surface area contributed by atoms with Crippen LogP contribution in [0.25, 0.3) is 21.8 Å². The fourth-order valence-electron chi connectivity index (χ4n) is 3.37. The summed E-state index contributed by atoms with van der Waals surface area (Å²) in [4.78, 5) is 18.7. The summed E-state index contributed by atoms with van der Waals surface area (Å²) in [5, 5.41) is 6.04. The molecule has 26 heavy (non-hydrogen) atoms. The lowest BCUT2D eigenvalue weighted by atomic mass is 10.1. The predicted molar refractivity (Wildman–Crippen MR) is 107 cm³/mol. The maximum atomic E-state index is 12.2. The van der Waals surface area contributed by atoms with E-state index in [4.69, 9.17) is 11.6 Å². The first-order valence-electron chi connectivity index (χ1n) is 8.78. The van der Waals surface area contributed by atoms with Gasteiger partial charge in [-0.15, -0.1) is 0 Å². The molecule has 0 fully saturated rings. The molecule has 0 atom stereocenters. The van der Waals surface area contributed by atoms with Gasteiger partial charge in [0.2, 0.25) is 5.91 Å². The predicted octanol–water partition coefficient (Wildman–Crippen LogP) is 4.59. The molecule has 2 aromatic heterocycles. The molecule has 4 rings (SSSR count). The Morgan fingerprint density at radius 1 is 0.923 bits per heavy atom. The van der Waals surface area contributed by atoms with Gasteiger partial charge in [-0.1, -0.05) is 29.8 Å². The fourth-order valence-corrected chi connectivity index (χ4v) is 3.54. The molecule has 2 heterocycles. The van der Waals surface area contributed by atoms with Crippen LogP contribution in [0, 0.1) is 0 Å². The first-order valence-corrected chi connectivity index (χ1v) is 9.16. The van der Waals surface area contributed by atoms with Gasteiger partial charge in [0.1, 0.15) is 0 Å². The van der Waals surface area contributed by atoms with Gasteiger partial charge >= 0.3 is 0 Å². The van der Waals surface area contributed by atoms with Crippen molar-refractivity contribution in [2.24, 2.45) is 0 Å². The molecule has 0 spiro atoms. The Morgan fingerprint density at radius 2 is 1.65 bits per heavy atom. The number of carbonyl (C=O) groups excluding carboxylic acids is 1. The average Bonchev–Trinajstić information content (AvgIpc) is 3.24. The number of amides is 1. The van der Waals surface area contributed by atoms with Crippen molar-refractivity contribution in [3.05, 3.63) is 71.0 Å². The normalized spacial score (nSPS) is 11.3. The number of nitrogens with one attached hydrogen (secondary N) is 3. The van der Waals surface area contributed by atoms with E-state index in [0.717, 1.165) is 34.3 Å². The summed E-state index contributed by atoms with van der Waals surface area (Å²) in [5.41, 5.74) is 4.53. The van der Waals surface area contributed by atoms with Crippen molar-refractivity contribution in [2.45, 2.75) is 19.3 Å². The van der Waals surface area contributed by atoms with Crippen molar-refractivity contribution in [3.63, 3.8) is 0 Å². The van der Waals surface area contributed by atoms with E-state index in [1.807, 2.05) is 48.8 Å². The van der Waals surface area contributed by atoms with E-state index < -0.39 is 0 Å². The number of rotatable bonds is 6. The van der Waals surface area contributed by atoms with E-state index in [1.165, 1.54) is 16.5 Å². The van der Waals surface area contributed by atoms with Gasteiger partial charge < -0.3 is 15.3 Å². The van der Waals surface area contributed by atoms with E-state index >= 15 is 0 Å². The number of hydrogen-bond acceptors (Lipinski definition) is 1. The van der Waals surface area contributed by atoms with Crippen molar-refractivity contribution in [2.75, 3.05) is 6.54 Å². The van der Waals surface area contributed by atoms with Gasteiger partial charge in [0, 0.05) is 52.2 Å². The lowest BCUT2D eigenvalue weighted by Gasteiger charge is -2.05. The molecular formula is C21H20ClN3O. The highest BCUT2D eigenvalue weighted by Gasteiger charge is 2.08. The number of aryl methyl sites for hydroxylation is 1. The van der Waals surface area contributed by atoms with E-state index in [1.54, 1.807) is 0 Å². The number of aromatic amines is 2. The summed E-state index contributed by atoms with van der Waals surface area (Å²) < 4.78 is 0. The molecule has 3 N–H and O–H groups in total. The lowest BCUT2D eigenvalue weighted by molar-refractivity contribution is -0.121. The highest BCUT2D eigenvalue weighted by molar-refractivity contribution is 6.31. The Hall–Kier alpha value is -2.72. The summed E-state index contributed by atoms with van der Waals surface area (Å²) in [7, 11) is 0. The number of para-hydroxylation sites is 1. The monoisotopic (exact) mass is 365 g/mol. The highest BCUT2D eigenvalue weighted by atomic mass is 35.5. The summed E-state index contributed by atoms with van der Waals surface area (Å²) in [6.45, 7) is 0.617. The van der Waals surface area contributed by atoms with Gasteiger partial charge in [0.25, 0.3) is 0 Å². The zero-order valence-electron chi connectivity index (χ0n) is 14.3. The number of aromatic nitrogens is 2. The zero-order chi connectivity index (χ0) is 17.9. The number of carbonyl (C=O) groups is 1. The first-order chi connectivity index (χ1) is 12.7. The largest absolute Gasteiger partial charge is 0.361 e. The van der Waals surface area contributed by atoms with Gasteiger partial charge in [-0.25, -0.2) is 0 Å². The van der Waals surface area contributed by atoms with Crippen LogP contribution in [0.2, 0.25) is 5.02 Å². The average molecular weight is 366 g/mol. The second-order valence-electron chi connectivity index (χ2n) is 6.46. The minimum atomic E-state index is 0.0770. The van der Waals surface area contributed by atoms with Crippen LogP contribution in [0.15, 0.2) is 54.9 Å². The first kappa shape index (κ1) is 16.7. The molecule has 4 nitrogen and oxygen atoms in total. The van der Waals surface area contributed by atoms with E-state index in [0.29, 0.717) is 13.0 Å². The zero-order valence-corrected chi connectivity index (χ0v) is 15.1. The highest BCUT2D eigenvalue weighted by Crippen LogP contribution is 2.22. The van der Waals surface area contributed by atoms with Crippen molar-refractivity contribution < 1.29 is 4.79 Å². The lowest BCUT2D eigenvalue weighted by Crippen LogP contribution is -2.25. The molecule has 132 valence electrons. The van der Waals surface area contributed by atoms with Gasteiger partial charge in [-0.3, -0.25) is 4.79 Å². The third kappa shape index (κ3) is 3.46. The van der Waals surface area contributed by atoms with Gasteiger partial charge in [-0.05, 0) is 48.2 Å². The molecule has 0 unspecified atom stereocenters. The summed E-state index contributed by atoms with van der Waals surface area (Å²) >= 11 is 6.08. The Labute approximate surface area is 156 Å². The SMILES string of the molecule is O=C(CCc1c[nH]c2ccccc12)NCCc1c[nH]c2ccc(Cl)cc12. The Bertz CT molecular complexity index is 1060. The van der Waals surface area contributed by atoms with Crippen LogP contribution in [-0.4, -0.2) is 22.4 Å². The van der Waals surface area contributed by atoms with Gasteiger partial charge in [0.05, 0.1) is 0 Å². The summed E-state index contributed by atoms with van der Waals surface area (Å²) in [5.74, 6) is 0.0770. The molecule has 0 aliphatic rings. The van der Waals surface area contributed by atoms with Gasteiger partial charge in [-0.2, -0.15) is 0 Å². The van der Waals surface area contributed by atoms with Crippen LogP contribution >= 0.6 is 11.6 Å². The van der Waals surface area contributed by atoms with Crippen molar-refractivity contribution in [3.8, 4) is 0 Å². The second-order valence-corrected chi connectivity index (χ2v) is 6.90. The maximum Gasteiger partial charge on any atom is 0.220 e. The van der Waals surface area contributed by atoms with Crippen LogP contribution in [0.1, 0.15) is 17.5 Å². The topological polar surface area (TPSA) is 60.7 Å². The molecule has 0 radical (unpaired) electrons. The summed E-state index contributed by atoms with van der Waals surface area (Å²) in [6.07, 6.45) is 5.98. The van der Waals surface area contributed by atoms with Crippen molar-refractivity contribution in [1.82, 2.24) is 15.3 Å². The molecule has 5 heteroatoms. The van der Waals surface area contributed by atoms with E-state index in [2.05, 4.69) is 21.4 Å². The number of benzene rings is 2. The third-order valence-electron chi connectivity index (χ3n) is 4.74. The Morgan fingerprint density at radius 3 is 2.50 bits per heavy atom. The Kier molecular flexibility index (Phi) is 4.67. The van der Waals surface area contributed by atoms with E-state index in [-0.39, 0.29) is 5.91 Å². The summed E-state index contributed by atoms with van der Waals surface area (Å²) in [6, 6.07) is 14.0. The third-order valence-corrected chi connectivity index (χ3v) is 4.98. The van der Waals surface area contributed by atoms with E-state index in [9.17, 15) is 4.79 Å². The number of hydrogen-bond donors (Lipinski definition) is 3. The second kappa shape index (κ2) is 7.26. The molecule has 0 saturated carbocycles. The Balaban J connectivity index is 1.30. The van der Waals surface area contributed by atoms with Crippen LogP contribution in [-0.2, 0) is 17.6 Å². The molecule has 4 aromatic rings. The van der Waals surface area contributed by atoms with Crippen LogP contribution in [0.4, 0.5) is 0 Å². The molecule has 0 bridgehead atoms. The molecule has 0 aliphatic carbocycles. The fraction of sp³-hybridized carbons (Fsp3) is 0.190. The molecule has 1 amide bonds. The van der Waals surface area contributed by atoms with Crippen molar-refractivity contribution in [1.29, 1.82) is 0 Å². The maximum absolute atomic E-state index is 12.2. The molecule has 2 aromatic carbocycles. The standard InChI is InChI=1S/C21H20ClN3O/c22-16-6-7-20-18(11-16)15(13-25-20)9-10-23-21(26)8-5-14-12-24-19-4-2-1-3-17(14)19/h1-4,6-7,11-13,24-25H,5,8-10H2,(H,23,26). The van der Waals surface area contributed by atoms with Crippen LogP contribution < -0.4 is 5.32 Å². The van der Waals surface area contributed by atoms with Gasteiger partial charge in [0.15, 0.2) is 0 Å². The number of H-pyrrole nitrogens is 2. The molecular weight excluding hydrogens is 346 g/mol. The minimum Gasteiger partial charge on any atom is -0.361 e.